The van der Waals surface area contributed by atoms with Gasteiger partial charge in [0.25, 0.3) is 11.8 Å². The fourth-order valence-electron chi connectivity index (χ4n) is 2.99. The SMILES string of the molecule is CC(/C=N/NC(=O)c1ccc(C(=O)N/N=C/C(C)=C/c2ccccc2)cc1)=C\c1ccccc1. The van der Waals surface area contributed by atoms with Gasteiger partial charge in [0.1, 0.15) is 0 Å². The zero-order valence-electron chi connectivity index (χ0n) is 19.1. The number of benzene rings is 3. The molecule has 0 saturated heterocycles. The van der Waals surface area contributed by atoms with Crippen molar-refractivity contribution in [2.45, 2.75) is 13.8 Å². The van der Waals surface area contributed by atoms with Crippen molar-refractivity contribution in [1.82, 2.24) is 10.9 Å². The van der Waals surface area contributed by atoms with Gasteiger partial charge in [-0.25, -0.2) is 10.9 Å². The fourth-order valence-corrected chi connectivity index (χ4v) is 2.99. The molecule has 2 amide bonds. The molecule has 6 nitrogen and oxygen atoms in total. The summed E-state index contributed by atoms with van der Waals surface area (Å²) in [6.45, 7) is 3.80. The molecule has 0 unspecified atom stereocenters. The van der Waals surface area contributed by atoms with Gasteiger partial charge in [-0.1, -0.05) is 72.8 Å². The van der Waals surface area contributed by atoms with Gasteiger partial charge in [-0.2, -0.15) is 10.2 Å². The minimum atomic E-state index is -0.365. The Hall–Kier alpha value is -4.58. The number of carbonyl (C=O) groups excluding carboxylic acids is 2. The van der Waals surface area contributed by atoms with Crippen molar-refractivity contribution in [3.63, 3.8) is 0 Å². The van der Waals surface area contributed by atoms with Crippen LogP contribution in [-0.2, 0) is 0 Å². The van der Waals surface area contributed by atoms with Crippen molar-refractivity contribution in [3.8, 4) is 0 Å². The van der Waals surface area contributed by atoms with E-state index < -0.39 is 0 Å². The highest BCUT2D eigenvalue weighted by Crippen LogP contribution is 2.07. The number of amides is 2. The molecule has 0 aliphatic heterocycles. The van der Waals surface area contributed by atoms with Crippen LogP contribution in [0.5, 0.6) is 0 Å². The summed E-state index contributed by atoms with van der Waals surface area (Å²) in [5, 5.41) is 7.98. The molecule has 34 heavy (non-hydrogen) atoms. The Morgan fingerprint density at radius 3 is 1.29 bits per heavy atom. The van der Waals surface area contributed by atoms with Gasteiger partial charge in [0, 0.05) is 11.1 Å². The number of hydrazone groups is 2. The molecule has 0 aliphatic carbocycles. The monoisotopic (exact) mass is 450 g/mol. The van der Waals surface area contributed by atoms with Crippen LogP contribution in [0.1, 0.15) is 45.7 Å². The molecule has 2 N–H and O–H groups in total. The van der Waals surface area contributed by atoms with Gasteiger partial charge >= 0.3 is 0 Å². The maximum Gasteiger partial charge on any atom is 0.271 e. The third-order valence-electron chi connectivity index (χ3n) is 4.67. The van der Waals surface area contributed by atoms with E-state index in [0.29, 0.717) is 11.1 Å². The number of allylic oxidation sites excluding steroid dienone is 2. The van der Waals surface area contributed by atoms with Crippen molar-refractivity contribution in [1.29, 1.82) is 0 Å². The van der Waals surface area contributed by atoms with E-state index in [9.17, 15) is 9.59 Å². The number of hydrogen-bond acceptors (Lipinski definition) is 4. The fraction of sp³-hybridized carbons (Fsp3) is 0.0714. The Bertz CT molecular complexity index is 1130. The average Bonchev–Trinajstić information content (AvgIpc) is 2.85. The normalized spacial score (nSPS) is 12.2. The first-order valence-electron chi connectivity index (χ1n) is 10.7. The van der Waals surface area contributed by atoms with E-state index in [-0.39, 0.29) is 11.8 Å². The molecule has 3 aromatic carbocycles. The standard InChI is InChI=1S/C28H26N4O2/c1-21(17-23-9-5-3-6-10-23)19-29-31-27(33)25-13-15-26(16-14-25)28(34)32-30-20-22(2)18-24-11-7-4-8-12-24/h3-20H,1-2H3,(H,31,33)(H,32,34)/b21-17+,22-18+,29-19+,30-20+. The topological polar surface area (TPSA) is 82.9 Å². The zero-order valence-corrected chi connectivity index (χ0v) is 19.1. The predicted octanol–water partition coefficient (Wildman–Crippen LogP) is 5.32. The maximum atomic E-state index is 12.3. The summed E-state index contributed by atoms with van der Waals surface area (Å²) in [6, 6.07) is 25.9. The number of hydrogen-bond donors (Lipinski definition) is 2. The molecule has 0 atom stereocenters. The lowest BCUT2D eigenvalue weighted by Gasteiger charge is -2.03. The van der Waals surface area contributed by atoms with E-state index >= 15 is 0 Å². The van der Waals surface area contributed by atoms with Crippen LogP contribution in [0.3, 0.4) is 0 Å². The summed E-state index contributed by atoms with van der Waals surface area (Å²) in [5.41, 5.74) is 9.67. The molecule has 0 bridgehead atoms. The molecule has 0 fully saturated rings. The van der Waals surface area contributed by atoms with E-state index in [4.69, 9.17) is 0 Å². The van der Waals surface area contributed by atoms with Crippen LogP contribution in [0.25, 0.3) is 12.2 Å². The third kappa shape index (κ3) is 7.84. The van der Waals surface area contributed by atoms with Crippen LogP contribution in [0.15, 0.2) is 106 Å². The molecule has 0 radical (unpaired) electrons. The Labute approximate surface area is 199 Å². The highest BCUT2D eigenvalue weighted by Gasteiger charge is 2.08. The third-order valence-corrected chi connectivity index (χ3v) is 4.67. The summed E-state index contributed by atoms with van der Waals surface area (Å²) in [5.74, 6) is -0.731. The lowest BCUT2D eigenvalue weighted by Crippen LogP contribution is -2.19. The molecule has 0 saturated carbocycles. The van der Waals surface area contributed by atoms with E-state index in [1.165, 1.54) is 0 Å². The second-order valence-electron chi connectivity index (χ2n) is 7.57. The Morgan fingerprint density at radius 2 is 0.941 bits per heavy atom. The van der Waals surface area contributed by atoms with Gasteiger partial charge in [-0.15, -0.1) is 0 Å². The van der Waals surface area contributed by atoms with Crippen molar-refractivity contribution in [2.24, 2.45) is 10.2 Å². The Balaban J connectivity index is 1.50. The number of rotatable bonds is 8. The predicted molar refractivity (Wildman–Crippen MR) is 139 cm³/mol. The van der Waals surface area contributed by atoms with Gasteiger partial charge in [-0.3, -0.25) is 9.59 Å². The average molecular weight is 451 g/mol. The first-order chi connectivity index (χ1) is 16.5. The lowest BCUT2D eigenvalue weighted by molar-refractivity contribution is 0.0943. The smallest absolute Gasteiger partial charge is 0.267 e. The molecular weight excluding hydrogens is 424 g/mol. The first-order valence-corrected chi connectivity index (χ1v) is 10.7. The molecule has 3 rings (SSSR count). The summed E-state index contributed by atoms with van der Waals surface area (Å²) in [7, 11) is 0. The van der Waals surface area contributed by atoms with E-state index in [1.54, 1.807) is 36.7 Å². The molecule has 0 aromatic heterocycles. The first kappa shape index (κ1) is 24.1. The van der Waals surface area contributed by atoms with Gasteiger partial charge < -0.3 is 0 Å². The summed E-state index contributed by atoms with van der Waals surface area (Å²) in [4.78, 5) is 24.6. The molecule has 0 aliphatic rings. The largest absolute Gasteiger partial charge is 0.271 e. The van der Waals surface area contributed by atoms with Crippen LogP contribution in [0.4, 0.5) is 0 Å². The van der Waals surface area contributed by atoms with Crippen LogP contribution >= 0.6 is 0 Å². The van der Waals surface area contributed by atoms with Crippen LogP contribution in [-0.4, -0.2) is 24.2 Å². The Kier molecular flexibility index (Phi) is 8.82. The minimum Gasteiger partial charge on any atom is -0.267 e. The van der Waals surface area contributed by atoms with Crippen LogP contribution < -0.4 is 10.9 Å². The zero-order chi connectivity index (χ0) is 24.2. The van der Waals surface area contributed by atoms with Crippen molar-refractivity contribution >= 4 is 36.4 Å². The summed E-state index contributed by atoms with van der Waals surface area (Å²) >= 11 is 0. The summed E-state index contributed by atoms with van der Waals surface area (Å²) < 4.78 is 0. The highest BCUT2D eigenvalue weighted by molar-refractivity contribution is 5.98. The Morgan fingerprint density at radius 1 is 0.588 bits per heavy atom. The molecule has 6 heteroatoms. The number of nitrogens with zero attached hydrogens (tertiary/aromatic N) is 2. The van der Waals surface area contributed by atoms with E-state index in [0.717, 1.165) is 22.3 Å². The van der Waals surface area contributed by atoms with Gasteiger partial charge in [0.15, 0.2) is 0 Å². The van der Waals surface area contributed by atoms with E-state index in [2.05, 4.69) is 21.1 Å². The minimum absolute atomic E-state index is 0.365. The molecule has 170 valence electrons. The second-order valence-corrected chi connectivity index (χ2v) is 7.57. The van der Waals surface area contributed by atoms with Crippen LogP contribution in [0.2, 0.25) is 0 Å². The van der Waals surface area contributed by atoms with Gasteiger partial charge in [-0.05, 0) is 60.4 Å². The second kappa shape index (κ2) is 12.5. The summed E-state index contributed by atoms with van der Waals surface area (Å²) in [6.07, 6.45) is 7.09. The van der Waals surface area contributed by atoms with Gasteiger partial charge in [0.2, 0.25) is 0 Å². The van der Waals surface area contributed by atoms with Gasteiger partial charge in [0.05, 0.1) is 12.4 Å². The molecule has 0 heterocycles. The molecule has 0 spiro atoms. The van der Waals surface area contributed by atoms with Crippen molar-refractivity contribution in [3.05, 3.63) is 118 Å². The van der Waals surface area contributed by atoms with Crippen LogP contribution in [0, 0.1) is 0 Å². The van der Waals surface area contributed by atoms with Crippen molar-refractivity contribution in [2.75, 3.05) is 0 Å². The van der Waals surface area contributed by atoms with Crippen molar-refractivity contribution < 1.29 is 9.59 Å². The number of carbonyl (C=O) groups is 2. The molecule has 3 aromatic rings. The quantitative estimate of drug-likeness (QED) is 0.359. The van der Waals surface area contributed by atoms with E-state index in [1.807, 2.05) is 86.7 Å². The highest BCUT2D eigenvalue weighted by atomic mass is 16.2. The maximum absolute atomic E-state index is 12.3. The number of nitrogens with one attached hydrogen (secondary N) is 2. The molecular formula is C28H26N4O2. The lowest BCUT2D eigenvalue weighted by atomic mass is 10.1.